The smallest absolute Gasteiger partial charge is 0.253 e. The van der Waals surface area contributed by atoms with Crippen LogP contribution in [0, 0.1) is 0 Å². The third-order valence-corrected chi connectivity index (χ3v) is 2.29. The van der Waals surface area contributed by atoms with Crippen molar-refractivity contribution in [2.24, 2.45) is 10.9 Å². The number of amidine groups is 1. The molecule has 1 amide bonds. The molecule has 0 spiro atoms. The minimum absolute atomic E-state index is 0.0790. The van der Waals surface area contributed by atoms with Gasteiger partial charge in [-0.25, -0.2) is 0 Å². The minimum atomic E-state index is -0.185. The van der Waals surface area contributed by atoms with Crippen molar-refractivity contribution in [1.82, 2.24) is 4.90 Å². The van der Waals surface area contributed by atoms with Crippen molar-refractivity contribution >= 4 is 11.7 Å². The number of phenols is 1. The molecule has 0 unspecified atom stereocenters. The number of carbonyl (C=O) groups is 1. The van der Waals surface area contributed by atoms with Crippen LogP contribution in [0.15, 0.2) is 29.4 Å². The Morgan fingerprint density at radius 2 is 2.00 bits per heavy atom. The summed E-state index contributed by atoms with van der Waals surface area (Å²) in [4.78, 5) is 13.3. The first-order valence-corrected chi connectivity index (χ1v) is 5.05. The fourth-order valence-electron chi connectivity index (χ4n) is 1.26. The summed E-state index contributed by atoms with van der Waals surface area (Å²) in [5, 5.41) is 20.3. The predicted molar refractivity (Wildman–Crippen MR) is 63.1 cm³/mol. The Hall–Kier alpha value is -2.24. The van der Waals surface area contributed by atoms with E-state index in [1.165, 1.54) is 29.2 Å². The van der Waals surface area contributed by atoms with Gasteiger partial charge >= 0.3 is 0 Å². The van der Waals surface area contributed by atoms with Crippen LogP contribution < -0.4 is 5.73 Å². The largest absolute Gasteiger partial charge is 0.508 e. The SMILES string of the molecule is CN(CC/C(N)=N/O)C(=O)c1ccc(O)cc1. The van der Waals surface area contributed by atoms with E-state index in [2.05, 4.69) is 5.16 Å². The van der Waals surface area contributed by atoms with Gasteiger partial charge in [-0.15, -0.1) is 0 Å². The average molecular weight is 237 g/mol. The van der Waals surface area contributed by atoms with Gasteiger partial charge in [-0.05, 0) is 24.3 Å². The Morgan fingerprint density at radius 3 is 2.53 bits per heavy atom. The molecule has 0 aromatic heterocycles. The lowest BCUT2D eigenvalue weighted by atomic mass is 10.2. The highest BCUT2D eigenvalue weighted by molar-refractivity contribution is 5.94. The zero-order valence-corrected chi connectivity index (χ0v) is 9.50. The number of benzene rings is 1. The highest BCUT2D eigenvalue weighted by atomic mass is 16.4. The molecule has 0 saturated carbocycles. The molecule has 1 rings (SSSR count). The van der Waals surface area contributed by atoms with E-state index >= 15 is 0 Å². The van der Waals surface area contributed by atoms with E-state index in [9.17, 15) is 4.79 Å². The number of aromatic hydroxyl groups is 1. The number of hydrogen-bond donors (Lipinski definition) is 3. The van der Waals surface area contributed by atoms with E-state index in [4.69, 9.17) is 16.0 Å². The quantitative estimate of drug-likeness (QED) is 0.309. The molecule has 6 heteroatoms. The summed E-state index contributed by atoms with van der Waals surface area (Å²) < 4.78 is 0. The van der Waals surface area contributed by atoms with Crippen molar-refractivity contribution < 1.29 is 15.1 Å². The van der Waals surface area contributed by atoms with Crippen molar-refractivity contribution in [3.63, 3.8) is 0 Å². The lowest BCUT2D eigenvalue weighted by molar-refractivity contribution is 0.0798. The van der Waals surface area contributed by atoms with Crippen molar-refractivity contribution in [2.75, 3.05) is 13.6 Å². The van der Waals surface area contributed by atoms with Gasteiger partial charge in [0.2, 0.25) is 0 Å². The number of hydrogen-bond acceptors (Lipinski definition) is 4. The molecule has 0 aliphatic carbocycles. The van der Waals surface area contributed by atoms with Crippen LogP contribution in [0.5, 0.6) is 5.75 Å². The van der Waals surface area contributed by atoms with E-state index in [1.54, 1.807) is 7.05 Å². The summed E-state index contributed by atoms with van der Waals surface area (Å²) >= 11 is 0. The average Bonchev–Trinajstić information content (AvgIpc) is 2.35. The first-order chi connectivity index (χ1) is 8.04. The molecular formula is C11H15N3O3. The molecule has 0 aliphatic rings. The Kier molecular flexibility index (Phi) is 4.33. The first kappa shape index (κ1) is 12.8. The van der Waals surface area contributed by atoms with Gasteiger partial charge in [-0.3, -0.25) is 4.79 Å². The molecule has 1 aromatic carbocycles. The molecule has 17 heavy (non-hydrogen) atoms. The molecule has 6 nitrogen and oxygen atoms in total. The Bertz CT molecular complexity index is 414. The zero-order chi connectivity index (χ0) is 12.8. The van der Waals surface area contributed by atoms with Gasteiger partial charge in [-0.1, -0.05) is 5.16 Å². The fraction of sp³-hybridized carbons (Fsp3) is 0.273. The standard InChI is InChI=1S/C11H15N3O3/c1-14(7-6-10(12)13-17)11(16)8-2-4-9(15)5-3-8/h2-5,15,17H,6-7H2,1H3,(H2,12,13). The maximum Gasteiger partial charge on any atom is 0.253 e. The van der Waals surface area contributed by atoms with E-state index < -0.39 is 0 Å². The van der Waals surface area contributed by atoms with Crippen LogP contribution in [0.4, 0.5) is 0 Å². The summed E-state index contributed by atoms with van der Waals surface area (Å²) in [5.74, 6) is 0.00644. The highest BCUT2D eigenvalue weighted by Crippen LogP contribution is 2.11. The van der Waals surface area contributed by atoms with Gasteiger partial charge in [0.25, 0.3) is 5.91 Å². The van der Waals surface area contributed by atoms with Gasteiger partial charge in [0.1, 0.15) is 11.6 Å². The molecule has 0 heterocycles. The van der Waals surface area contributed by atoms with Crippen LogP contribution in [0.2, 0.25) is 0 Å². The molecule has 1 aromatic rings. The second-order valence-electron chi connectivity index (χ2n) is 3.61. The summed E-state index contributed by atoms with van der Waals surface area (Å²) in [5.41, 5.74) is 5.79. The van der Waals surface area contributed by atoms with E-state index in [1.807, 2.05) is 0 Å². The molecule has 0 bridgehead atoms. The van der Waals surface area contributed by atoms with Crippen molar-refractivity contribution in [3.8, 4) is 5.75 Å². The van der Waals surface area contributed by atoms with Gasteiger partial charge in [0.05, 0.1) is 0 Å². The molecule has 0 saturated heterocycles. The fourth-order valence-corrected chi connectivity index (χ4v) is 1.26. The molecule has 0 radical (unpaired) electrons. The zero-order valence-electron chi connectivity index (χ0n) is 9.50. The second kappa shape index (κ2) is 5.74. The van der Waals surface area contributed by atoms with Crippen molar-refractivity contribution in [3.05, 3.63) is 29.8 Å². The number of rotatable bonds is 4. The molecule has 0 aliphatic heterocycles. The minimum Gasteiger partial charge on any atom is -0.508 e. The van der Waals surface area contributed by atoms with Crippen LogP contribution in [-0.4, -0.2) is 40.5 Å². The number of nitrogens with zero attached hydrogens (tertiary/aromatic N) is 2. The molecule has 0 atom stereocenters. The third kappa shape index (κ3) is 3.67. The summed E-state index contributed by atoms with van der Waals surface area (Å²) in [6, 6.07) is 5.98. The molecule has 92 valence electrons. The summed E-state index contributed by atoms with van der Waals surface area (Å²) in [7, 11) is 1.62. The molecular weight excluding hydrogens is 222 g/mol. The van der Waals surface area contributed by atoms with E-state index in [0.29, 0.717) is 18.5 Å². The van der Waals surface area contributed by atoms with E-state index in [0.717, 1.165) is 0 Å². The summed E-state index contributed by atoms with van der Waals surface area (Å²) in [6.07, 6.45) is 0.302. The Balaban J connectivity index is 2.60. The summed E-state index contributed by atoms with van der Waals surface area (Å²) in [6.45, 7) is 0.357. The number of amides is 1. The Morgan fingerprint density at radius 1 is 1.41 bits per heavy atom. The third-order valence-electron chi connectivity index (χ3n) is 2.29. The number of phenolic OH excluding ortho intramolecular Hbond substituents is 1. The van der Waals surface area contributed by atoms with E-state index in [-0.39, 0.29) is 17.5 Å². The highest BCUT2D eigenvalue weighted by Gasteiger charge is 2.11. The van der Waals surface area contributed by atoms with Crippen LogP contribution in [-0.2, 0) is 0 Å². The molecule has 0 fully saturated rings. The topological polar surface area (TPSA) is 99.1 Å². The lowest BCUT2D eigenvalue weighted by Gasteiger charge is -2.16. The number of oxime groups is 1. The molecule has 4 N–H and O–H groups in total. The van der Waals surface area contributed by atoms with Crippen LogP contribution >= 0.6 is 0 Å². The first-order valence-electron chi connectivity index (χ1n) is 5.05. The maximum absolute atomic E-state index is 11.9. The predicted octanol–water partition coefficient (Wildman–Crippen LogP) is 0.601. The van der Waals surface area contributed by atoms with Crippen LogP contribution in [0.3, 0.4) is 0 Å². The van der Waals surface area contributed by atoms with Gasteiger partial charge in [0.15, 0.2) is 0 Å². The normalized spacial score (nSPS) is 11.2. The van der Waals surface area contributed by atoms with Crippen LogP contribution in [0.1, 0.15) is 16.8 Å². The second-order valence-corrected chi connectivity index (χ2v) is 3.61. The van der Waals surface area contributed by atoms with Gasteiger partial charge in [-0.2, -0.15) is 0 Å². The Labute approximate surface area is 99.0 Å². The van der Waals surface area contributed by atoms with Crippen molar-refractivity contribution in [1.29, 1.82) is 0 Å². The van der Waals surface area contributed by atoms with Crippen molar-refractivity contribution in [2.45, 2.75) is 6.42 Å². The monoisotopic (exact) mass is 237 g/mol. The van der Waals surface area contributed by atoms with Gasteiger partial charge in [0, 0.05) is 25.6 Å². The lowest BCUT2D eigenvalue weighted by Crippen LogP contribution is -2.30. The maximum atomic E-state index is 11.9. The van der Waals surface area contributed by atoms with Crippen LogP contribution in [0.25, 0.3) is 0 Å². The van der Waals surface area contributed by atoms with Gasteiger partial charge < -0.3 is 20.9 Å². The number of carbonyl (C=O) groups excluding carboxylic acids is 1. The number of nitrogens with two attached hydrogens (primary N) is 1.